The summed E-state index contributed by atoms with van der Waals surface area (Å²) in [5.74, 6) is -2.56. The van der Waals surface area contributed by atoms with Crippen molar-refractivity contribution in [3.8, 4) is 11.8 Å². The van der Waals surface area contributed by atoms with E-state index in [1.54, 1.807) is 51.1 Å². The van der Waals surface area contributed by atoms with Gasteiger partial charge in [0.2, 0.25) is 0 Å². The highest BCUT2D eigenvalue weighted by atomic mass is 32.2. The molecule has 39 heavy (non-hydrogen) atoms. The predicted octanol–water partition coefficient (Wildman–Crippen LogP) is 4.91. The highest BCUT2D eigenvalue weighted by molar-refractivity contribution is 7.93. The molecule has 0 bridgehead atoms. The Hall–Kier alpha value is -3.82. The molecule has 0 amide bonds. The van der Waals surface area contributed by atoms with Crippen molar-refractivity contribution in [3.05, 3.63) is 70.6 Å². The smallest absolute Gasteiger partial charge is 0.360 e. The lowest BCUT2D eigenvalue weighted by atomic mass is 10.0. The molecule has 1 aromatic heterocycles. The van der Waals surface area contributed by atoms with Crippen LogP contribution in [-0.4, -0.2) is 37.9 Å². The predicted molar refractivity (Wildman–Crippen MR) is 144 cm³/mol. The van der Waals surface area contributed by atoms with Crippen molar-refractivity contribution in [1.29, 1.82) is 5.26 Å². The number of ketones is 1. The van der Waals surface area contributed by atoms with E-state index in [0.29, 0.717) is 11.3 Å². The number of nitriles is 1. The number of nitrogens with zero attached hydrogens (tertiary/aromatic N) is 3. The minimum absolute atomic E-state index is 0.00238. The first-order valence-electron chi connectivity index (χ1n) is 11.8. The molecule has 0 radical (unpaired) electrons. The molecule has 0 aliphatic carbocycles. The van der Waals surface area contributed by atoms with Gasteiger partial charge in [0.1, 0.15) is 28.1 Å². The lowest BCUT2D eigenvalue weighted by Crippen LogP contribution is -2.32. The van der Waals surface area contributed by atoms with Gasteiger partial charge in [-0.3, -0.25) is 9.10 Å². The Morgan fingerprint density at radius 3 is 2.41 bits per heavy atom. The van der Waals surface area contributed by atoms with Gasteiger partial charge in [-0.05, 0) is 63.1 Å². The van der Waals surface area contributed by atoms with Gasteiger partial charge in [0.05, 0.1) is 30.1 Å². The monoisotopic (exact) mass is 573 g/mol. The molecule has 206 valence electrons. The van der Waals surface area contributed by atoms with Gasteiger partial charge in [-0.25, -0.2) is 22.6 Å². The number of carbonyl (C=O) groups is 2. The summed E-state index contributed by atoms with van der Waals surface area (Å²) in [6, 6.07) is 11.7. The zero-order chi connectivity index (χ0) is 29.0. The molecule has 1 unspecified atom stereocenters. The standard InChI is InChI=1S/C27H28FN3O6S2/c1-17(14-29)23(32)12-19-8-11-21(13-22(19)28)39(34,35)31(15-18-6-9-20(36-5)10-7-18)25-24(30-16-38-25)26(33)37-27(2,3)4/h6-11,13,16-17H,12,15H2,1-5H3. The molecule has 0 aliphatic rings. The molecule has 1 atom stereocenters. The van der Waals surface area contributed by atoms with E-state index in [0.717, 1.165) is 21.7 Å². The zero-order valence-electron chi connectivity index (χ0n) is 22.1. The Labute approximate surface area is 230 Å². The number of thiazole rings is 1. The van der Waals surface area contributed by atoms with Crippen molar-refractivity contribution in [3.63, 3.8) is 0 Å². The van der Waals surface area contributed by atoms with Crippen molar-refractivity contribution in [2.45, 2.75) is 51.2 Å². The number of benzene rings is 2. The Bertz CT molecular complexity index is 1510. The van der Waals surface area contributed by atoms with Crippen molar-refractivity contribution in [2.24, 2.45) is 5.92 Å². The molecule has 0 saturated carbocycles. The van der Waals surface area contributed by atoms with E-state index in [2.05, 4.69) is 4.98 Å². The van der Waals surface area contributed by atoms with Crippen LogP contribution < -0.4 is 9.04 Å². The van der Waals surface area contributed by atoms with Crippen LogP contribution in [0.1, 0.15) is 49.3 Å². The van der Waals surface area contributed by atoms with Crippen LogP contribution in [0.2, 0.25) is 0 Å². The second-order valence-electron chi connectivity index (χ2n) is 9.61. The summed E-state index contributed by atoms with van der Waals surface area (Å²) in [5.41, 5.74) is 0.819. The zero-order valence-corrected chi connectivity index (χ0v) is 23.7. The molecule has 1 heterocycles. The molecule has 0 N–H and O–H groups in total. The number of hydrogen-bond donors (Lipinski definition) is 0. The Kier molecular flexibility index (Phi) is 9.09. The lowest BCUT2D eigenvalue weighted by Gasteiger charge is -2.25. The van der Waals surface area contributed by atoms with Gasteiger partial charge in [-0.1, -0.05) is 18.2 Å². The van der Waals surface area contributed by atoms with Crippen LogP contribution in [0.25, 0.3) is 0 Å². The summed E-state index contributed by atoms with van der Waals surface area (Å²) < 4.78 is 54.4. The largest absolute Gasteiger partial charge is 0.497 e. The van der Waals surface area contributed by atoms with Crippen LogP contribution in [-0.2, 0) is 32.5 Å². The summed E-state index contributed by atoms with van der Waals surface area (Å²) >= 11 is 0.923. The third-order valence-corrected chi connectivity index (χ3v) is 8.21. The van der Waals surface area contributed by atoms with Crippen LogP contribution in [0.15, 0.2) is 52.9 Å². The molecule has 0 spiro atoms. The molecule has 0 fully saturated rings. The number of esters is 1. The molecule has 0 aliphatic heterocycles. The first kappa shape index (κ1) is 29.7. The summed E-state index contributed by atoms with van der Waals surface area (Å²) in [6.45, 7) is 6.24. The maximum atomic E-state index is 15.0. The summed E-state index contributed by atoms with van der Waals surface area (Å²) in [7, 11) is -2.94. The molecular weight excluding hydrogens is 545 g/mol. The summed E-state index contributed by atoms with van der Waals surface area (Å²) in [6.07, 6.45) is -0.353. The molecular formula is C27H28FN3O6S2. The number of halogens is 1. The number of Topliss-reactive ketones (excluding diaryl/α,β-unsaturated/α-hetero) is 1. The maximum Gasteiger partial charge on any atom is 0.360 e. The first-order valence-corrected chi connectivity index (χ1v) is 14.1. The average molecular weight is 574 g/mol. The van der Waals surface area contributed by atoms with Gasteiger partial charge in [0, 0.05) is 6.42 Å². The highest BCUT2D eigenvalue weighted by Gasteiger charge is 2.33. The van der Waals surface area contributed by atoms with E-state index in [1.807, 2.05) is 0 Å². The van der Waals surface area contributed by atoms with Gasteiger partial charge in [0.25, 0.3) is 10.0 Å². The fourth-order valence-electron chi connectivity index (χ4n) is 3.42. The van der Waals surface area contributed by atoms with Crippen LogP contribution in [0.3, 0.4) is 0 Å². The topological polar surface area (TPSA) is 127 Å². The number of aromatic nitrogens is 1. The summed E-state index contributed by atoms with van der Waals surface area (Å²) in [4.78, 5) is 28.7. The number of sulfonamides is 1. The van der Waals surface area contributed by atoms with E-state index >= 15 is 4.39 Å². The minimum atomic E-state index is -4.44. The number of anilines is 1. The molecule has 2 aromatic carbocycles. The van der Waals surface area contributed by atoms with Gasteiger partial charge in [0.15, 0.2) is 11.5 Å². The second-order valence-corrected chi connectivity index (χ2v) is 12.3. The maximum absolute atomic E-state index is 15.0. The van der Waals surface area contributed by atoms with E-state index in [-0.39, 0.29) is 34.1 Å². The van der Waals surface area contributed by atoms with Crippen molar-refractivity contribution >= 4 is 38.1 Å². The number of methoxy groups -OCH3 is 1. The normalized spacial score (nSPS) is 12.3. The molecule has 12 heteroatoms. The number of carbonyl (C=O) groups excluding carboxylic acids is 2. The quantitative estimate of drug-likeness (QED) is 0.313. The first-order chi connectivity index (χ1) is 18.3. The fourth-order valence-corrected chi connectivity index (χ4v) is 5.90. The average Bonchev–Trinajstić information content (AvgIpc) is 3.36. The van der Waals surface area contributed by atoms with E-state index < -0.39 is 39.1 Å². The number of ether oxygens (including phenoxy) is 2. The number of hydrogen-bond acceptors (Lipinski definition) is 9. The van der Waals surface area contributed by atoms with Crippen LogP contribution in [0.5, 0.6) is 5.75 Å². The molecule has 3 aromatic rings. The van der Waals surface area contributed by atoms with Crippen molar-refractivity contribution in [1.82, 2.24) is 4.98 Å². The number of rotatable bonds is 10. The highest BCUT2D eigenvalue weighted by Crippen LogP contribution is 2.34. The van der Waals surface area contributed by atoms with Gasteiger partial charge in [-0.15, -0.1) is 11.3 Å². The SMILES string of the molecule is COc1ccc(CN(c2scnc2C(=O)OC(C)(C)C)S(=O)(=O)c2ccc(CC(=O)C(C)C#N)c(F)c2)cc1. The van der Waals surface area contributed by atoms with Crippen LogP contribution >= 0.6 is 11.3 Å². The minimum Gasteiger partial charge on any atom is -0.497 e. The Morgan fingerprint density at radius 1 is 1.18 bits per heavy atom. The van der Waals surface area contributed by atoms with E-state index in [4.69, 9.17) is 14.7 Å². The van der Waals surface area contributed by atoms with Gasteiger partial charge < -0.3 is 9.47 Å². The third-order valence-electron chi connectivity index (χ3n) is 5.51. The second kappa shape index (κ2) is 11.9. The van der Waals surface area contributed by atoms with Crippen molar-refractivity contribution in [2.75, 3.05) is 11.4 Å². The lowest BCUT2D eigenvalue weighted by molar-refractivity contribution is -0.120. The van der Waals surface area contributed by atoms with Crippen LogP contribution in [0, 0.1) is 23.1 Å². The molecule has 3 rings (SSSR count). The molecule has 9 nitrogen and oxygen atoms in total. The Morgan fingerprint density at radius 2 is 1.85 bits per heavy atom. The molecule has 0 saturated heterocycles. The van der Waals surface area contributed by atoms with Crippen molar-refractivity contribution < 1.29 is 31.9 Å². The van der Waals surface area contributed by atoms with Gasteiger partial charge in [-0.2, -0.15) is 5.26 Å². The Balaban J connectivity index is 2.07. The van der Waals surface area contributed by atoms with Gasteiger partial charge >= 0.3 is 5.97 Å². The summed E-state index contributed by atoms with van der Waals surface area (Å²) in [5, 5.41) is 8.94. The van der Waals surface area contributed by atoms with E-state index in [1.165, 1.54) is 31.7 Å². The van der Waals surface area contributed by atoms with E-state index in [9.17, 15) is 18.0 Å². The fraction of sp³-hybridized carbons (Fsp3) is 0.333. The van der Waals surface area contributed by atoms with Crippen LogP contribution in [0.4, 0.5) is 9.39 Å². The third kappa shape index (κ3) is 7.19.